The molecule has 102 valence electrons. The number of para-hydroxylation sites is 2. The van der Waals surface area contributed by atoms with Crippen LogP contribution in [0.4, 0.5) is 11.5 Å². The Labute approximate surface area is 117 Å². The third-order valence-electron chi connectivity index (χ3n) is 3.26. The number of anilines is 2. The highest BCUT2D eigenvalue weighted by Crippen LogP contribution is 2.34. The summed E-state index contributed by atoms with van der Waals surface area (Å²) < 4.78 is 5.60. The molecular formula is C15H15N3O2. The minimum absolute atomic E-state index is 0.0551. The average molecular weight is 269 g/mol. The fourth-order valence-corrected chi connectivity index (χ4v) is 2.23. The Balaban J connectivity index is 1.95. The number of nitrogens with zero attached hydrogens (tertiary/aromatic N) is 2. The van der Waals surface area contributed by atoms with E-state index in [1.165, 1.54) is 0 Å². The van der Waals surface area contributed by atoms with Crippen molar-refractivity contribution in [2.45, 2.75) is 19.6 Å². The van der Waals surface area contributed by atoms with E-state index in [0.717, 1.165) is 17.0 Å². The molecule has 0 fully saturated rings. The van der Waals surface area contributed by atoms with Gasteiger partial charge in [0.1, 0.15) is 11.6 Å². The third-order valence-corrected chi connectivity index (χ3v) is 3.26. The summed E-state index contributed by atoms with van der Waals surface area (Å²) in [5.74, 6) is 1.14. The molecule has 5 heteroatoms. The first kappa shape index (κ1) is 12.5. The van der Waals surface area contributed by atoms with Crippen LogP contribution >= 0.6 is 0 Å². The molecule has 1 atom stereocenters. The van der Waals surface area contributed by atoms with Gasteiger partial charge in [-0.05, 0) is 30.7 Å². The van der Waals surface area contributed by atoms with Gasteiger partial charge in [0.15, 0.2) is 6.10 Å². The molecule has 2 N–H and O–H groups in total. The second-order valence-corrected chi connectivity index (χ2v) is 4.74. The molecule has 1 unspecified atom stereocenters. The van der Waals surface area contributed by atoms with Gasteiger partial charge >= 0.3 is 0 Å². The summed E-state index contributed by atoms with van der Waals surface area (Å²) in [5.41, 5.74) is 7.29. The lowest BCUT2D eigenvalue weighted by atomic mass is 10.1. The van der Waals surface area contributed by atoms with Crippen LogP contribution in [0.2, 0.25) is 0 Å². The Kier molecular flexibility index (Phi) is 3.02. The standard InChI is InChI=1S/C15H15N3O2/c1-10-15(19)18(9-11-6-7-14(16)17-8-11)12-4-2-3-5-13(12)20-10/h2-8,10H,9H2,1H3,(H2,16,17). The quantitative estimate of drug-likeness (QED) is 0.905. The van der Waals surface area contributed by atoms with E-state index < -0.39 is 6.10 Å². The summed E-state index contributed by atoms with van der Waals surface area (Å²) in [5, 5.41) is 0. The lowest BCUT2D eigenvalue weighted by molar-refractivity contribution is -0.125. The van der Waals surface area contributed by atoms with Crippen LogP contribution in [-0.4, -0.2) is 17.0 Å². The number of ether oxygens (including phenoxy) is 1. The maximum Gasteiger partial charge on any atom is 0.268 e. The Morgan fingerprint density at radius 1 is 1.30 bits per heavy atom. The van der Waals surface area contributed by atoms with Crippen LogP contribution < -0.4 is 15.4 Å². The van der Waals surface area contributed by atoms with Crippen molar-refractivity contribution in [2.75, 3.05) is 10.6 Å². The normalized spacial score (nSPS) is 17.6. The third kappa shape index (κ3) is 2.18. The second kappa shape index (κ2) is 4.85. The molecule has 0 radical (unpaired) electrons. The van der Waals surface area contributed by atoms with Crippen molar-refractivity contribution in [1.29, 1.82) is 0 Å². The SMILES string of the molecule is CC1Oc2ccccc2N(Cc2ccc(N)nc2)C1=O. The zero-order valence-corrected chi connectivity index (χ0v) is 11.1. The van der Waals surface area contributed by atoms with E-state index in [9.17, 15) is 4.79 Å². The first-order chi connectivity index (χ1) is 9.65. The Morgan fingerprint density at radius 3 is 2.85 bits per heavy atom. The molecule has 0 spiro atoms. The summed E-state index contributed by atoms with van der Waals surface area (Å²) >= 11 is 0. The first-order valence-corrected chi connectivity index (χ1v) is 6.42. The lowest BCUT2D eigenvalue weighted by Gasteiger charge is -2.32. The topological polar surface area (TPSA) is 68.5 Å². The maximum absolute atomic E-state index is 12.3. The number of hydrogen-bond acceptors (Lipinski definition) is 4. The molecule has 3 rings (SSSR count). The number of pyridine rings is 1. The summed E-state index contributed by atoms with van der Waals surface area (Å²) in [4.78, 5) is 18.1. The fraction of sp³-hybridized carbons (Fsp3) is 0.200. The highest BCUT2D eigenvalue weighted by molar-refractivity contribution is 5.99. The number of nitrogens with two attached hydrogens (primary N) is 1. The van der Waals surface area contributed by atoms with Gasteiger partial charge in [-0.3, -0.25) is 4.79 Å². The molecular weight excluding hydrogens is 254 g/mol. The molecule has 0 aliphatic carbocycles. The molecule has 2 aromatic rings. The predicted molar refractivity (Wildman–Crippen MR) is 76.4 cm³/mol. The molecule has 0 saturated heterocycles. The number of fused-ring (bicyclic) bond motifs is 1. The molecule has 5 nitrogen and oxygen atoms in total. The van der Waals surface area contributed by atoms with Crippen molar-refractivity contribution in [3.8, 4) is 5.75 Å². The number of aromatic nitrogens is 1. The number of carbonyl (C=O) groups excluding carboxylic acids is 1. The molecule has 1 aliphatic heterocycles. The van der Waals surface area contributed by atoms with Gasteiger partial charge in [0, 0.05) is 6.20 Å². The van der Waals surface area contributed by atoms with Gasteiger partial charge in [-0.15, -0.1) is 0 Å². The molecule has 1 aromatic carbocycles. The first-order valence-electron chi connectivity index (χ1n) is 6.42. The van der Waals surface area contributed by atoms with E-state index in [-0.39, 0.29) is 5.91 Å². The number of rotatable bonds is 2. The van der Waals surface area contributed by atoms with Crippen LogP contribution in [0.3, 0.4) is 0 Å². The largest absolute Gasteiger partial charge is 0.479 e. The van der Waals surface area contributed by atoms with E-state index in [2.05, 4.69) is 4.98 Å². The van der Waals surface area contributed by atoms with Gasteiger partial charge in [-0.2, -0.15) is 0 Å². The monoisotopic (exact) mass is 269 g/mol. The van der Waals surface area contributed by atoms with Crippen LogP contribution in [0.15, 0.2) is 42.6 Å². The highest BCUT2D eigenvalue weighted by atomic mass is 16.5. The molecule has 1 aromatic heterocycles. The van der Waals surface area contributed by atoms with Gasteiger partial charge in [0.2, 0.25) is 0 Å². The van der Waals surface area contributed by atoms with Crippen LogP contribution in [-0.2, 0) is 11.3 Å². The smallest absolute Gasteiger partial charge is 0.268 e. The summed E-state index contributed by atoms with van der Waals surface area (Å²) in [6.45, 7) is 2.21. The van der Waals surface area contributed by atoms with Crippen molar-refractivity contribution in [3.05, 3.63) is 48.2 Å². The minimum Gasteiger partial charge on any atom is -0.479 e. The number of benzene rings is 1. The predicted octanol–water partition coefficient (Wildman–Crippen LogP) is 1.98. The molecule has 1 amide bonds. The number of amides is 1. The average Bonchev–Trinajstić information content (AvgIpc) is 2.46. The van der Waals surface area contributed by atoms with Crippen LogP contribution in [0.25, 0.3) is 0 Å². The highest BCUT2D eigenvalue weighted by Gasteiger charge is 2.31. The Morgan fingerprint density at radius 2 is 2.10 bits per heavy atom. The molecule has 0 saturated carbocycles. The summed E-state index contributed by atoms with van der Waals surface area (Å²) in [6, 6.07) is 11.1. The van der Waals surface area contributed by atoms with E-state index in [0.29, 0.717) is 12.4 Å². The van der Waals surface area contributed by atoms with Gasteiger partial charge in [-0.1, -0.05) is 18.2 Å². The van der Waals surface area contributed by atoms with Gasteiger partial charge < -0.3 is 15.4 Å². The van der Waals surface area contributed by atoms with Crippen molar-refractivity contribution < 1.29 is 9.53 Å². The molecule has 0 bridgehead atoms. The number of carbonyl (C=O) groups is 1. The molecule has 20 heavy (non-hydrogen) atoms. The lowest BCUT2D eigenvalue weighted by Crippen LogP contribution is -2.43. The van der Waals surface area contributed by atoms with Crippen LogP contribution in [0.1, 0.15) is 12.5 Å². The van der Waals surface area contributed by atoms with Crippen molar-refractivity contribution >= 4 is 17.4 Å². The zero-order valence-electron chi connectivity index (χ0n) is 11.1. The minimum atomic E-state index is -0.480. The summed E-state index contributed by atoms with van der Waals surface area (Å²) in [6.07, 6.45) is 1.21. The fourth-order valence-electron chi connectivity index (χ4n) is 2.23. The van der Waals surface area contributed by atoms with Crippen molar-refractivity contribution in [2.24, 2.45) is 0 Å². The summed E-state index contributed by atoms with van der Waals surface area (Å²) in [7, 11) is 0. The van der Waals surface area contributed by atoms with E-state index in [1.54, 1.807) is 24.1 Å². The zero-order chi connectivity index (χ0) is 14.1. The van der Waals surface area contributed by atoms with Crippen molar-refractivity contribution in [3.63, 3.8) is 0 Å². The van der Waals surface area contributed by atoms with Gasteiger partial charge in [-0.25, -0.2) is 4.98 Å². The van der Waals surface area contributed by atoms with Crippen molar-refractivity contribution in [1.82, 2.24) is 4.98 Å². The molecule has 2 heterocycles. The maximum atomic E-state index is 12.3. The van der Waals surface area contributed by atoms with Crippen LogP contribution in [0.5, 0.6) is 5.75 Å². The van der Waals surface area contributed by atoms with E-state index in [1.807, 2.05) is 30.3 Å². The van der Waals surface area contributed by atoms with Crippen LogP contribution in [0, 0.1) is 0 Å². The number of nitrogen functional groups attached to an aromatic ring is 1. The van der Waals surface area contributed by atoms with Gasteiger partial charge in [0.25, 0.3) is 5.91 Å². The van der Waals surface area contributed by atoms with E-state index >= 15 is 0 Å². The number of hydrogen-bond donors (Lipinski definition) is 1. The Hall–Kier alpha value is -2.56. The van der Waals surface area contributed by atoms with E-state index in [4.69, 9.17) is 10.5 Å². The second-order valence-electron chi connectivity index (χ2n) is 4.74. The Bertz CT molecular complexity index is 640. The molecule has 1 aliphatic rings. The van der Waals surface area contributed by atoms with Gasteiger partial charge in [0.05, 0.1) is 12.2 Å².